The second-order valence-electron chi connectivity index (χ2n) is 4.44. The Hall–Kier alpha value is -2.41. The van der Waals surface area contributed by atoms with Gasteiger partial charge in [0.25, 0.3) is 0 Å². The zero-order valence-corrected chi connectivity index (χ0v) is 12.3. The number of anilines is 1. The highest BCUT2D eigenvalue weighted by Crippen LogP contribution is 2.26. The summed E-state index contributed by atoms with van der Waals surface area (Å²) in [5.74, 6) is 0.765. The van der Waals surface area contributed by atoms with E-state index in [-0.39, 0.29) is 5.91 Å². The third-order valence-corrected chi connectivity index (χ3v) is 3.79. The molecule has 3 rings (SSSR count). The van der Waals surface area contributed by atoms with Crippen molar-refractivity contribution in [2.24, 2.45) is 0 Å². The topological polar surface area (TPSA) is 69.0 Å². The van der Waals surface area contributed by atoms with Crippen LogP contribution in [0, 0.1) is 0 Å². The predicted molar refractivity (Wildman–Crippen MR) is 81.6 cm³/mol. The van der Waals surface area contributed by atoms with E-state index in [1.807, 2.05) is 35.0 Å². The maximum Gasteiger partial charge on any atom is 0.227 e. The number of aromatic nitrogens is 3. The molecule has 0 radical (unpaired) electrons. The fourth-order valence-electron chi connectivity index (χ4n) is 2.20. The Morgan fingerprint density at radius 1 is 1.43 bits per heavy atom. The number of nitrogens with one attached hydrogen (secondary N) is 1. The van der Waals surface area contributed by atoms with E-state index < -0.39 is 0 Å². The van der Waals surface area contributed by atoms with Crippen LogP contribution >= 0.6 is 11.3 Å². The van der Waals surface area contributed by atoms with Gasteiger partial charge in [0, 0.05) is 24.5 Å². The molecule has 0 bridgehead atoms. The van der Waals surface area contributed by atoms with Gasteiger partial charge in [-0.1, -0.05) is 17.4 Å². The zero-order chi connectivity index (χ0) is 14.7. The number of carbonyl (C=O) groups excluding carboxylic acids is 1. The molecular formula is C14H14N4O2S. The number of benzene rings is 1. The van der Waals surface area contributed by atoms with Gasteiger partial charge in [0.15, 0.2) is 0 Å². The van der Waals surface area contributed by atoms with Gasteiger partial charge in [-0.25, -0.2) is 0 Å². The van der Waals surface area contributed by atoms with Gasteiger partial charge in [-0.2, -0.15) is 0 Å². The lowest BCUT2D eigenvalue weighted by atomic mass is 10.2. The molecule has 0 spiro atoms. The lowest BCUT2D eigenvalue weighted by Crippen LogP contribution is -2.14. The van der Waals surface area contributed by atoms with E-state index >= 15 is 0 Å². The number of hydrogen-bond donors (Lipinski definition) is 1. The molecule has 3 aromatic rings. The quantitative estimate of drug-likeness (QED) is 0.786. The van der Waals surface area contributed by atoms with Gasteiger partial charge in [-0.05, 0) is 18.2 Å². The highest BCUT2D eigenvalue weighted by atomic mass is 32.1. The minimum atomic E-state index is -0.0727. The van der Waals surface area contributed by atoms with E-state index in [9.17, 15) is 4.79 Å². The predicted octanol–water partition coefficient (Wildman–Crippen LogP) is 2.53. The van der Waals surface area contributed by atoms with Crippen LogP contribution < -0.4 is 10.1 Å². The fourth-order valence-corrected chi connectivity index (χ4v) is 2.66. The molecule has 108 valence electrons. The third-order valence-electron chi connectivity index (χ3n) is 3.18. The van der Waals surface area contributed by atoms with Gasteiger partial charge in [-0.3, -0.25) is 4.79 Å². The monoisotopic (exact) mass is 302 g/mol. The normalized spacial score (nSPS) is 10.7. The maximum atomic E-state index is 11.9. The molecule has 0 aliphatic rings. The van der Waals surface area contributed by atoms with Gasteiger partial charge in [0.2, 0.25) is 11.0 Å². The van der Waals surface area contributed by atoms with Crippen LogP contribution in [0.15, 0.2) is 36.0 Å². The molecule has 1 N–H and O–H groups in total. The first kappa shape index (κ1) is 13.6. The number of carbonyl (C=O) groups is 1. The van der Waals surface area contributed by atoms with Crippen molar-refractivity contribution < 1.29 is 9.53 Å². The van der Waals surface area contributed by atoms with Crippen LogP contribution in [0.5, 0.6) is 5.75 Å². The molecule has 0 atom stereocenters. The van der Waals surface area contributed by atoms with Crippen LogP contribution in [-0.2, 0) is 11.3 Å². The van der Waals surface area contributed by atoms with E-state index in [1.165, 1.54) is 11.3 Å². The Kier molecular flexibility index (Phi) is 3.83. The molecule has 0 fully saturated rings. The van der Waals surface area contributed by atoms with Crippen LogP contribution in [0.3, 0.4) is 0 Å². The zero-order valence-electron chi connectivity index (χ0n) is 11.4. The molecule has 1 amide bonds. The molecule has 0 saturated carbocycles. The number of rotatable bonds is 5. The molecule has 6 nitrogen and oxygen atoms in total. The van der Waals surface area contributed by atoms with Crippen LogP contribution in [0.2, 0.25) is 0 Å². The number of amides is 1. The molecule has 0 aliphatic heterocycles. The van der Waals surface area contributed by atoms with Crippen molar-refractivity contribution in [3.8, 4) is 5.75 Å². The number of fused-ring (bicyclic) bond motifs is 1. The van der Waals surface area contributed by atoms with E-state index in [0.717, 1.165) is 16.7 Å². The van der Waals surface area contributed by atoms with Gasteiger partial charge in [0.1, 0.15) is 11.3 Å². The Balaban J connectivity index is 1.69. The van der Waals surface area contributed by atoms with Crippen LogP contribution in [0.25, 0.3) is 10.9 Å². The average Bonchev–Trinajstić information content (AvgIpc) is 3.14. The minimum Gasteiger partial charge on any atom is -0.496 e. The Bertz CT molecular complexity index is 752. The van der Waals surface area contributed by atoms with Crippen molar-refractivity contribution in [3.05, 3.63) is 36.0 Å². The van der Waals surface area contributed by atoms with Gasteiger partial charge >= 0.3 is 0 Å². The first-order valence-electron chi connectivity index (χ1n) is 6.46. The smallest absolute Gasteiger partial charge is 0.227 e. The molecule has 0 unspecified atom stereocenters. The molecule has 2 aromatic heterocycles. The summed E-state index contributed by atoms with van der Waals surface area (Å²) in [5.41, 5.74) is 2.64. The summed E-state index contributed by atoms with van der Waals surface area (Å²) in [4.78, 5) is 11.9. The van der Waals surface area contributed by atoms with Crippen LogP contribution in [0.1, 0.15) is 6.42 Å². The standard InChI is InChI=1S/C14H14N4O2S/c1-20-12-4-2-3-11-10(12)5-7-18(11)8-6-13(19)16-14-17-15-9-21-14/h2-5,7,9H,6,8H2,1H3,(H,16,17,19). The largest absolute Gasteiger partial charge is 0.496 e. The van der Waals surface area contributed by atoms with E-state index in [4.69, 9.17) is 4.74 Å². The second kappa shape index (κ2) is 5.92. The van der Waals surface area contributed by atoms with E-state index in [1.54, 1.807) is 12.6 Å². The number of aryl methyl sites for hydroxylation is 1. The van der Waals surface area contributed by atoms with Crippen molar-refractivity contribution in [1.82, 2.24) is 14.8 Å². The summed E-state index contributed by atoms with van der Waals surface area (Å²) in [5, 5.41) is 11.8. The number of ether oxygens (including phenoxy) is 1. The van der Waals surface area contributed by atoms with Gasteiger partial charge in [0.05, 0.1) is 12.6 Å². The number of methoxy groups -OCH3 is 1. The Morgan fingerprint density at radius 3 is 3.10 bits per heavy atom. The highest BCUT2D eigenvalue weighted by Gasteiger charge is 2.08. The van der Waals surface area contributed by atoms with E-state index in [2.05, 4.69) is 15.5 Å². The summed E-state index contributed by atoms with van der Waals surface area (Å²) >= 11 is 1.30. The average molecular weight is 302 g/mol. The minimum absolute atomic E-state index is 0.0727. The van der Waals surface area contributed by atoms with Crippen molar-refractivity contribution in [2.45, 2.75) is 13.0 Å². The van der Waals surface area contributed by atoms with Crippen molar-refractivity contribution in [2.75, 3.05) is 12.4 Å². The van der Waals surface area contributed by atoms with Crippen LogP contribution in [0.4, 0.5) is 5.13 Å². The highest BCUT2D eigenvalue weighted by molar-refractivity contribution is 7.13. The number of hydrogen-bond acceptors (Lipinski definition) is 5. The van der Waals surface area contributed by atoms with E-state index in [0.29, 0.717) is 18.1 Å². The third kappa shape index (κ3) is 2.87. The SMILES string of the molecule is COc1cccc2c1ccn2CCC(=O)Nc1nncs1. The molecule has 0 aliphatic carbocycles. The lowest BCUT2D eigenvalue weighted by Gasteiger charge is -2.06. The van der Waals surface area contributed by atoms with Gasteiger partial charge < -0.3 is 14.6 Å². The van der Waals surface area contributed by atoms with Crippen molar-refractivity contribution in [1.29, 1.82) is 0 Å². The van der Waals surface area contributed by atoms with Crippen LogP contribution in [-0.4, -0.2) is 27.8 Å². The molecule has 0 saturated heterocycles. The second-order valence-corrected chi connectivity index (χ2v) is 5.28. The first-order chi connectivity index (χ1) is 10.3. The molecule has 21 heavy (non-hydrogen) atoms. The first-order valence-corrected chi connectivity index (χ1v) is 7.34. The maximum absolute atomic E-state index is 11.9. The Morgan fingerprint density at radius 2 is 2.33 bits per heavy atom. The summed E-state index contributed by atoms with van der Waals surface area (Å²) in [6.07, 6.45) is 2.34. The summed E-state index contributed by atoms with van der Waals surface area (Å²) < 4.78 is 7.37. The summed E-state index contributed by atoms with van der Waals surface area (Å²) in [7, 11) is 1.65. The van der Waals surface area contributed by atoms with Crippen molar-refractivity contribution >= 4 is 33.3 Å². The summed E-state index contributed by atoms with van der Waals surface area (Å²) in [6, 6.07) is 7.88. The summed E-state index contributed by atoms with van der Waals surface area (Å²) in [6.45, 7) is 0.599. The lowest BCUT2D eigenvalue weighted by molar-refractivity contribution is -0.116. The van der Waals surface area contributed by atoms with Gasteiger partial charge in [-0.15, -0.1) is 10.2 Å². The molecule has 7 heteroatoms. The molecular weight excluding hydrogens is 288 g/mol. The van der Waals surface area contributed by atoms with Crippen molar-refractivity contribution in [3.63, 3.8) is 0 Å². The Labute approximate surface area is 125 Å². The molecule has 1 aromatic carbocycles. The fraction of sp³-hybridized carbons (Fsp3) is 0.214. The molecule has 2 heterocycles. The number of nitrogens with zero attached hydrogens (tertiary/aromatic N) is 3.